The molecule has 0 aliphatic carbocycles. The van der Waals surface area contributed by atoms with Gasteiger partial charge in [0.05, 0.1) is 12.3 Å². The van der Waals surface area contributed by atoms with E-state index in [1.54, 1.807) is 22.6 Å². The van der Waals surface area contributed by atoms with E-state index in [4.69, 9.17) is 9.15 Å². The van der Waals surface area contributed by atoms with E-state index in [2.05, 4.69) is 5.10 Å². The van der Waals surface area contributed by atoms with Gasteiger partial charge in [-0.1, -0.05) is 0 Å². The van der Waals surface area contributed by atoms with Crippen LogP contribution in [0.15, 0.2) is 27.7 Å². The van der Waals surface area contributed by atoms with Gasteiger partial charge >= 0.3 is 5.97 Å². The molecule has 0 N–H and O–H groups in total. The van der Waals surface area contributed by atoms with Gasteiger partial charge in [0.1, 0.15) is 0 Å². The van der Waals surface area contributed by atoms with Crippen LogP contribution in [-0.2, 0) is 26.6 Å². The van der Waals surface area contributed by atoms with Gasteiger partial charge in [-0.05, 0) is 39.0 Å². The average molecular weight is 451 g/mol. The van der Waals surface area contributed by atoms with Crippen molar-refractivity contribution < 1.29 is 27.2 Å². The minimum Gasteiger partial charge on any atom is -0.460 e. The number of esters is 1. The quantitative estimate of drug-likeness (QED) is 0.482. The van der Waals surface area contributed by atoms with Crippen LogP contribution in [0.3, 0.4) is 0 Å². The predicted octanol–water partition coefficient (Wildman–Crippen LogP) is 1.35. The van der Waals surface area contributed by atoms with Crippen LogP contribution in [0.25, 0.3) is 6.08 Å². The number of carbonyl (C=O) groups excluding carboxylic acids is 2. The van der Waals surface area contributed by atoms with Crippen LogP contribution in [0.5, 0.6) is 0 Å². The lowest BCUT2D eigenvalue weighted by molar-refractivity contribution is -0.127. The molecule has 0 atom stereocenters. The molecule has 2 aromatic rings. The van der Waals surface area contributed by atoms with Crippen molar-refractivity contribution >= 4 is 28.0 Å². The highest BCUT2D eigenvalue weighted by molar-refractivity contribution is 7.89. The highest BCUT2D eigenvalue weighted by atomic mass is 32.2. The Morgan fingerprint density at radius 1 is 1.19 bits per heavy atom. The highest BCUT2D eigenvalue weighted by Gasteiger charge is 2.32. The normalized spacial score (nSPS) is 15.5. The van der Waals surface area contributed by atoms with Gasteiger partial charge in [-0.2, -0.15) is 9.40 Å². The summed E-state index contributed by atoms with van der Waals surface area (Å²) in [6.45, 7) is 6.36. The first kappa shape index (κ1) is 22.8. The third-order valence-corrected chi connectivity index (χ3v) is 6.93. The fourth-order valence-electron chi connectivity index (χ4n) is 3.34. The van der Waals surface area contributed by atoms with Gasteiger partial charge in [0.2, 0.25) is 16.8 Å². The van der Waals surface area contributed by atoms with Crippen molar-refractivity contribution in [3.05, 3.63) is 40.9 Å². The molecule has 0 saturated carbocycles. The van der Waals surface area contributed by atoms with Crippen LogP contribution in [0, 0.1) is 13.8 Å². The molecule has 0 bridgehead atoms. The maximum atomic E-state index is 12.8. The topological polar surface area (TPSA) is 115 Å². The Bertz CT molecular complexity index is 1110. The standard InChI is InChI=1S/C20H26N4O6S/c1-5-29-20(26)17-7-9-19(30-17)31(27,28)24-12-10-23(11-13-24)18(25)8-6-16-14(2)21-22(4)15(16)3/h6-9H,5,10-13H2,1-4H3/b8-6+. The largest absolute Gasteiger partial charge is 0.460 e. The molecule has 1 aliphatic heterocycles. The lowest BCUT2D eigenvalue weighted by Gasteiger charge is -2.32. The van der Waals surface area contributed by atoms with E-state index < -0.39 is 16.0 Å². The van der Waals surface area contributed by atoms with Gasteiger partial charge in [0, 0.05) is 50.6 Å². The number of aromatic nitrogens is 2. The van der Waals surface area contributed by atoms with Crippen LogP contribution in [0.4, 0.5) is 0 Å². The zero-order valence-corrected chi connectivity index (χ0v) is 18.8. The molecular formula is C20H26N4O6S. The van der Waals surface area contributed by atoms with E-state index in [1.165, 1.54) is 22.5 Å². The van der Waals surface area contributed by atoms with Crippen LogP contribution in [0.1, 0.15) is 34.4 Å². The van der Waals surface area contributed by atoms with Crippen molar-refractivity contribution in [2.75, 3.05) is 32.8 Å². The van der Waals surface area contributed by atoms with Crippen LogP contribution >= 0.6 is 0 Å². The minimum absolute atomic E-state index is 0.127. The van der Waals surface area contributed by atoms with Crippen molar-refractivity contribution in [2.45, 2.75) is 25.9 Å². The van der Waals surface area contributed by atoms with E-state index in [9.17, 15) is 18.0 Å². The number of sulfonamides is 1. The molecule has 1 amide bonds. The molecule has 10 nitrogen and oxygen atoms in total. The lowest BCUT2D eigenvalue weighted by atomic mass is 10.2. The zero-order valence-electron chi connectivity index (χ0n) is 18.0. The van der Waals surface area contributed by atoms with Gasteiger partial charge in [-0.15, -0.1) is 0 Å². The Morgan fingerprint density at radius 2 is 1.87 bits per heavy atom. The number of carbonyl (C=O) groups is 2. The van der Waals surface area contributed by atoms with Gasteiger partial charge in [-0.3, -0.25) is 9.48 Å². The number of ether oxygens (including phenoxy) is 1. The van der Waals surface area contributed by atoms with Gasteiger partial charge < -0.3 is 14.1 Å². The Labute approximate surface area is 181 Å². The number of piperazine rings is 1. The van der Waals surface area contributed by atoms with E-state index in [-0.39, 0.29) is 49.5 Å². The zero-order chi connectivity index (χ0) is 22.8. The summed E-state index contributed by atoms with van der Waals surface area (Å²) in [6, 6.07) is 2.51. The lowest BCUT2D eigenvalue weighted by Crippen LogP contribution is -2.50. The first-order valence-electron chi connectivity index (χ1n) is 9.89. The first-order chi connectivity index (χ1) is 14.6. The molecule has 2 aromatic heterocycles. The van der Waals surface area contributed by atoms with Crippen molar-refractivity contribution in [3.8, 4) is 0 Å². The summed E-state index contributed by atoms with van der Waals surface area (Å²) < 4.78 is 38.6. The molecule has 11 heteroatoms. The van der Waals surface area contributed by atoms with Crippen molar-refractivity contribution in [1.82, 2.24) is 19.0 Å². The Balaban J connectivity index is 1.62. The molecule has 0 unspecified atom stereocenters. The fourth-order valence-corrected chi connectivity index (χ4v) is 4.67. The van der Waals surface area contributed by atoms with Crippen LogP contribution in [-0.4, -0.2) is 72.1 Å². The van der Waals surface area contributed by atoms with Gasteiger partial charge in [0.25, 0.3) is 10.0 Å². The summed E-state index contributed by atoms with van der Waals surface area (Å²) in [7, 11) is -2.07. The number of nitrogens with zero attached hydrogens (tertiary/aromatic N) is 4. The number of hydrogen-bond acceptors (Lipinski definition) is 7. The molecule has 0 spiro atoms. The maximum absolute atomic E-state index is 12.8. The summed E-state index contributed by atoms with van der Waals surface area (Å²) in [5.74, 6) is -1.08. The predicted molar refractivity (Wildman–Crippen MR) is 112 cm³/mol. The second kappa shape index (κ2) is 9.06. The molecule has 1 fully saturated rings. The summed E-state index contributed by atoms with van der Waals surface area (Å²) >= 11 is 0. The molecule has 1 saturated heterocycles. The fraction of sp³-hybridized carbons (Fsp3) is 0.450. The van der Waals surface area contributed by atoms with Crippen molar-refractivity contribution in [1.29, 1.82) is 0 Å². The number of furan rings is 1. The van der Waals surface area contributed by atoms with E-state index in [0.717, 1.165) is 17.0 Å². The van der Waals surface area contributed by atoms with Crippen LogP contribution in [0.2, 0.25) is 0 Å². The number of hydrogen-bond donors (Lipinski definition) is 0. The Hall–Kier alpha value is -2.92. The SMILES string of the molecule is CCOC(=O)c1ccc(S(=O)(=O)N2CCN(C(=O)/C=C/c3c(C)nn(C)c3C)CC2)o1. The van der Waals surface area contributed by atoms with Crippen molar-refractivity contribution in [2.24, 2.45) is 7.05 Å². The second-order valence-electron chi connectivity index (χ2n) is 7.11. The maximum Gasteiger partial charge on any atom is 0.374 e. The molecule has 3 heterocycles. The number of amides is 1. The molecule has 3 rings (SSSR count). The summed E-state index contributed by atoms with van der Waals surface area (Å²) in [4.78, 5) is 25.8. The highest BCUT2D eigenvalue weighted by Crippen LogP contribution is 2.21. The summed E-state index contributed by atoms with van der Waals surface area (Å²) in [5.41, 5.74) is 2.69. The average Bonchev–Trinajstić information content (AvgIpc) is 3.33. The van der Waals surface area contributed by atoms with E-state index >= 15 is 0 Å². The van der Waals surface area contributed by atoms with Crippen LogP contribution < -0.4 is 0 Å². The van der Waals surface area contributed by atoms with Gasteiger partial charge in [-0.25, -0.2) is 13.2 Å². The summed E-state index contributed by atoms with van der Waals surface area (Å²) in [5, 5.41) is 4.00. The molecule has 0 radical (unpaired) electrons. The second-order valence-corrected chi connectivity index (χ2v) is 8.98. The summed E-state index contributed by atoms with van der Waals surface area (Å²) in [6.07, 6.45) is 3.22. The van der Waals surface area contributed by atoms with E-state index in [1.807, 2.05) is 20.9 Å². The van der Waals surface area contributed by atoms with E-state index in [0.29, 0.717) is 0 Å². The molecule has 1 aliphatic rings. The van der Waals surface area contributed by atoms with Crippen molar-refractivity contribution in [3.63, 3.8) is 0 Å². The first-order valence-corrected chi connectivity index (χ1v) is 11.3. The molecule has 0 aromatic carbocycles. The molecule has 31 heavy (non-hydrogen) atoms. The molecular weight excluding hydrogens is 424 g/mol. The molecule has 168 valence electrons. The third kappa shape index (κ3) is 4.72. The van der Waals surface area contributed by atoms with Gasteiger partial charge in [0.15, 0.2) is 0 Å². The Kier molecular flexibility index (Phi) is 6.65. The smallest absolute Gasteiger partial charge is 0.374 e. The Morgan fingerprint density at radius 3 is 2.45 bits per heavy atom. The number of rotatable bonds is 6. The minimum atomic E-state index is -3.91. The monoisotopic (exact) mass is 450 g/mol. The number of aryl methyl sites for hydroxylation is 2. The third-order valence-electron chi connectivity index (χ3n) is 5.16.